The molecule has 1 aliphatic heterocycles. The Morgan fingerprint density at radius 2 is 1.68 bits per heavy atom. The average Bonchev–Trinajstić information content (AvgIpc) is 3.26. The van der Waals surface area contributed by atoms with Crippen LogP contribution in [-0.4, -0.2) is 75.6 Å². The van der Waals surface area contributed by atoms with Gasteiger partial charge >= 0.3 is 17.9 Å². The van der Waals surface area contributed by atoms with Crippen LogP contribution in [0.2, 0.25) is 0 Å². The first-order valence-electron chi connectivity index (χ1n) is 14.0. The van der Waals surface area contributed by atoms with E-state index in [9.17, 15) is 29.4 Å². The third kappa shape index (κ3) is 4.25. The zero-order valence-corrected chi connectivity index (χ0v) is 24.2. The van der Waals surface area contributed by atoms with E-state index < -0.39 is 94.5 Å². The average molecular weight is 571 g/mol. The Bertz CT molecular complexity index is 1290. The van der Waals surface area contributed by atoms with E-state index in [1.165, 1.54) is 13.8 Å². The maximum absolute atomic E-state index is 14.7. The quantitative estimate of drug-likeness (QED) is 0.307. The Balaban J connectivity index is 1.82. The van der Waals surface area contributed by atoms with Crippen molar-refractivity contribution in [1.82, 2.24) is 0 Å². The summed E-state index contributed by atoms with van der Waals surface area (Å²) >= 11 is 0. The summed E-state index contributed by atoms with van der Waals surface area (Å²) in [7, 11) is 0. The highest BCUT2D eigenvalue weighted by molar-refractivity contribution is 5.97. The molecular formula is C31H38O10. The van der Waals surface area contributed by atoms with E-state index in [1.54, 1.807) is 56.3 Å². The Morgan fingerprint density at radius 1 is 1.02 bits per heavy atom. The standard InChI is InChI=1S/C31H38O10/c1-16-14-31(37)22(23(16)39-18(3)33)25(40-26(35)19-10-8-7-9-11-19)30(15-38-17(2)32)21(34)13-12-20-24(30)29(6,27(31)36)41-28(20,4)5/h7-13,16,20-25,34,37H,14-15H2,1-6H3/t16-,20-,21+,22-,23-,24-,25+,29-,30-,31+/m0/s1. The lowest BCUT2D eigenvalue weighted by Gasteiger charge is -2.52. The Kier molecular flexibility index (Phi) is 6.99. The summed E-state index contributed by atoms with van der Waals surface area (Å²) in [5.41, 5.74) is -6.25. The maximum Gasteiger partial charge on any atom is 0.338 e. The van der Waals surface area contributed by atoms with E-state index in [1.807, 2.05) is 13.8 Å². The summed E-state index contributed by atoms with van der Waals surface area (Å²) < 4.78 is 24.1. The molecule has 3 aliphatic carbocycles. The lowest BCUT2D eigenvalue weighted by atomic mass is 9.54. The van der Waals surface area contributed by atoms with Crippen LogP contribution in [0.3, 0.4) is 0 Å². The highest BCUT2D eigenvalue weighted by Crippen LogP contribution is 2.66. The van der Waals surface area contributed by atoms with Crippen molar-refractivity contribution < 1.29 is 48.3 Å². The van der Waals surface area contributed by atoms with Crippen molar-refractivity contribution in [3.8, 4) is 0 Å². The van der Waals surface area contributed by atoms with Crippen LogP contribution < -0.4 is 0 Å². The number of ether oxygens (including phenoxy) is 4. The maximum atomic E-state index is 14.7. The molecule has 2 N–H and O–H groups in total. The largest absolute Gasteiger partial charge is 0.465 e. The lowest BCUT2D eigenvalue weighted by molar-refractivity contribution is -0.195. The molecule has 0 unspecified atom stereocenters. The number of benzene rings is 1. The molecule has 2 saturated carbocycles. The second-order valence-corrected chi connectivity index (χ2v) is 12.8. The van der Waals surface area contributed by atoms with Crippen LogP contribution in [0.15, 0.2) is 42.5 Å². The van der Waals surface area contributed by atoms with Crippen molar-refractivity contribution >= 4 is 23.7 Å². The van der Waals surface area contributed by atoms with E-state index >= 15 is 0 Å². The van der Waals surface area contributed by atoms with E-state index in [2.05, 4.69) is 0 Å². The van der Waals surface area contributed by atoms with Crippen LogP contribution in [0.4, 0.5) is 0 Å². The fourth-order valence-corrected chi connectivity index (χ4v) is 8.34. The SMILES string of the molecule is CC(=O)OC[C@]12[C@H](O)C=C[C@H]3[C@H]1[C@](C)(OC3(C)C)C(=O)[C@@]1(O)C[C@H](C)[C@H](OC(C)=O)[C@H]1[C@H]2OC(=O)c1ccccc1. The minimum Gasteiger partial charge on any atom is -0.465 e. The summed E-state index contributed by atoms with van der Waals surface area (Å²) in [6, 6.07) is 8.18. The number of fused-ring (bicyclic) bond motifs is 1. The van der Waals surface area contributed by atoms with E-state index in [-0.39, 0.29) is 12.0 Å². The monoisotopic (exact) mass is 570 g/mol. The highest BCUT2D eigenvalue weighted by atomic mass is 16.6. The Labute approximate surface area is 239 Å². The van der Waals surface area contributed by atoms with Crippen LogP contribution in [-0.2, 0) is 33.3 Å². The number of carbonyl (C=O) groups excluding carboxylic acids is 4. The van der Waals surface area contributed by atoms with Gasteiger partial charge in [-0.1, -0.05) is 37.3 Å². The Morgan fingerprint density at radius 3 is 2.29 bits per heavy atom. The minimum atomic E-state index is -2.17. The van der Waals surface area contributed by atoms with Gasteiger partial charge < -0.3 is 29.2 Å². The van der Waals surface area contributed by atoms with Gasteiger partial charge in [-0.3, -0.25) is 14.4 Å². The summed E-state index contributed by atoms with van der Waals surface area (Å²) in [5, 5.41) is 24.3. The summed E-state index contributed by atoms with van der Waals surface area (Å²) in [5.74, 6) is -5.92. The van der Waals surface area contributed by atoms with Crippen molar-refractivity contribution in [2.24, 2.45) is 29.1 Å². The molecule has 41 heavy (non-hydrogen) atoms. The molecule has 10 atom stereocenters. The van der Waals surface area contributed by atoms with Crippen LogP contribution in [0.1, 0.15) is 58.3 Å². The van der Waals surface area contributed by atoms with Gasteiger partial charge in [-0.25, -0.2) is 4.79 Å². The van der Waals surface area contributed by atoms with Crippen molar-refractivity contribution in [3.63, 3.8) is 0 Å². The second kappa shape index (κ2) is 9.74. The second-order valence-electron chi connectivity index (χ2n) is 12.8. The zero-order chi connectivity index (χ0) is 30.1. The van der Waals surface area contributed by atoms with Gasteiger partial charge in [0.1, 0.15) is 30.0 Å². The van der Waals surface area contributed by atoms with Gasteiger partial charge in [0.15, 0.2) is 5.78 Å². The summed E-state index contributed by atoms with van der Waals surface area (Å²) in [6.45, 7) is 8.94. The van der Waals surface area contributed by atoms with E-state index in [4.69, 9.17) is 18.9 Å². The highest BCUT2D eigenvalue weighted by Gasteiger charge is 2.80. The number of carbonyl (C=O) groups is 4. The number of Topliss-reactive ketones (excluding diaryl/α,β-unsaturated/α-hetero) is 1. The Hall–Kier alpha value is -3.08. The van der Waals surface area contributed by atoms with E-state index in [0.717, 1.165) is 0 Å². The number of aliphatic hydroxyl groups is 2. The van der Waals surface area contributed by atoms with E-state index in [0.29, 0.717) is 0 Å². The smallest absolute Gasteiger partial charge is 0.338 e. The first-order chi connectivity index (χ1) is 19.1. The normalized spacial score (nSPS) is 42.0. The van der Waals surface area contributed by atoms with Gasteiger partial charge in [-0.2, -0.15) is 0 Å². The molecule has 10 heteroatoms. The summed E-state index contributed by atoms with van der Waals surface area (Å²) in [6.07, 6.45) is -0.678. The molecule has 0 spiro atoms. The fraction of sp³-hybridized carbons (Fsp3) is 0.613. The molecule has 5 rings (SSSR count). The van der Waals surface area contributed by atoms with Crippen LogP contribution in [0.5, 0.6) is 0 Å². The molecule has 222 valence electrons. The van der Waals surface area contributed by atoms with Crippen LogP contribution in [0, 0.1) is 29.1 Å². The number of ketones is 1. The first kappa shape index (κ1) is 29.4. The van der Waals surface area contributed by atoms with Gasteiger partial charge in [0.25, 0.3) is 0 Å². The van der Waals surface area contributed by atoms with Gasteiger partial charge in [-0.05, 0) is 45.2 Å². The topological polar surface area (TPSA) is 146 Å². The third-order valence-corrected chi connectivity index (χ3v) is 9.73. The number of aliphatic hydroxyl groups excluding tert-OH is 1. The van der Waals surface area contributed by atoms with Gasteiger partial charge in [0, 0.05) is 25.7 Å². The predicted octanol–water partition coefficient (Wildman–Crippen LogP) is 2.39. The number of esters is 3. The number of rotatable bonds is 5. The van der Waals surface area contributed by atoms with Gasteiger partial charge in [0.2, 0.25) is 0 Å². The summed E-state index contributed by atoms with van der Waals surface area (Å²) in [4.78, 5) is 53.0. The number of hydrogen-bond donors (Lipinski definition) is 2. The van der Waals surface area contributed by atoms with Gasteiger partial charge in [-0.15, -0.1) is 0 Å². The van der Waals surface area contributed by atoms with Crippen molar-refractivity contribution in [2.75, 3.05) is 6.61 Å². The molecular weight excluding hydrogens is 532 g/mol. The molecule has 4 aliphatic rings. The molecule has 0 radical (unpaired) electrons. The lowest BCUT2D eigenvalue weighted by Crippen LogP contribution is -2.64. The molecule has 1 saturated heterocycles. The first-order valence-corrected chi connectivity index (χ1v) is 14.0. The molecule has 1 heterocycles. The molecule has 0 aromatic heterocycles. The van der Waals surface area contributed by atoms with Crippen molar-refractivity contribution in [1.29, 1.82) is 0 Å². The predicted molar refractivity (Wildman–Crippen MR) is 143 cm³/mol. The third-order valence-electron chi connectivity index (χ3n) is 9.73. The fourth-order valence-electron chi connectivity index (χ4n) is 8.34. The molecule has 0 amide bonds. The molecule has 3 fully saturated rings. The molecule has 1 aromatic rings. The number of hydrogen-bond acceptors (Lipinski definition) is 10. The zero-order valence-electron chi connectivity index (χ0n) is 24.2. The molecule has 10 nitrogen and oxygen atoms in total. The molecule has 1 aromatic carbocycles. The van der Waals surface area contributed by atoms with Crippen molar-refractivity contribution in [3.05, 3.63) is 48.0 Å². The molecule has 0 bridgehead atoms. The minimum absolute atomic E-state index is 0.0994. The van der Waals surface area contributed by atoms with Gasteiger partial charge in [0.05, 0.1) is 28.6 Å². The van der Waals surface area contributed by atoms with Crippen LogP contribution >= 0.6 is 0 Å². The van der Waals surface area contributed by atoms with Crippen molar-refractivity contribution in [2.45, 2.75) is 83.1 Å². The van der Waals surface area contributed by atoms with Crippen LogP contribution in [0.25, 0.3) is 0 Å².